The minimum Gasteiger partial charge on any atom is -0.461 e. The fourth-order valence-electron chi connectivity index (χ4n) is 2.12. The first-order chi connectivity index (χ1) is 9.88. The van der Waals surface area contributed by atoms with E-state index in [9.17, 15) is 8.42 Å². The molecule has 0 amide bonds. The molecule has 1 aromatic rings. The van der Waals surface area contributed by atoms with Crippen LogP contribution >= 0.6 is 0 Å². The third-order valence-corrected chi connectivity index (χ3v) is 4.80. The fourth-order valence-corrected chi connectivity index (χ4v) is 3.75. The summed E-state index contributed by atoms with van der Waals surface area (Å²) in [6, 6.07) is 0.0354. The van der Waals surface area contributed by atoms with Crippen molar-refractivity contribution in [2.45, 2.75) is 38.8 Å². The zero-order chi connectivity index (χ0) is 15.5. The van der Waals surface area contributed by atoms with Crippen molar-refractivity contribution >= 4 is 21.7 Å². The van der Waals surface area contributed by atoms with Crippen molar-refractivity contribution in [2.24, 2.45) is 0 Å². The molecule has 9 heteroatoms. The molecular formula is C12H21N5O3S. The zero-order valence-electron chi connectivity index (χ0n) is 12.5. The van der Waals surface area contributed by atoms with E-state index in [2.05, 4.69) is 25.6 Å². The van der Waals surface area contributed by atoms with Gasteiger partial charge in [0.05, 0.1) is 17.6 Å². The van der Waals surface area contributed by atoms with E-state index in [1.165, 1.54) is 0 Å². The Bertz CT molecular complexity index is 591. The lowest BCUT2D eigenvalue weighted by Crippen LogP contribution is -2.35. The molecule has 0 aliphatic carbocycles. The molecule has 0 saturated carbocycles. The highest BCUT2D eigenvalue weighted by molar-refractivity contribution is 7.91. The number of nitrogens with zero attached hydrogens (tertiary/aromatic N) is 3. The molecule has 1 aliphatic heterocycles. The van der Waals surface area contributed by atoms with Crippen LogP contribution in [-0.4, -0.2) is 54.1 Å². The van der Waals surface area contributed by atoms with Crippen LogP contribution in [0.25, 0.3) is 0 Å². The minimum atomic E-state index is -2.98. The van der Waals surface area contributed by atoms with Crippen molar-refractivity contribution in [3.8, 4) is 6.01 Å². The van der Waals surface area contributed by atoms with Gasteiger partial charge < -0.3 is 15.4 Å². The lowest BCUT2D eigenvalue weighted by Gasteiger charge is -2.23. The van der Waals surface area contributed by atoms with Gasteiger partial charge in [0.25, 0.3) is 0 Å². The third-order valence-electron chi connectivity index (χ3n) is 2.98. The van der Waals surface area contributed by atoms with Crippen molar-refractivity contribution in [3.05, 3.63) is 0 Å². The molecule has 0 bridgehead atoms. The van der Waals surface area contributed by atoms with Gasteiger partial charge in [0.2, 0.25) is 11.9 Å². The molecule has 0 spiro atoms. The van der Waals surface area contributed by atoms with Gasteiger partial charge in [0, 0.05) is 13.1 Å². The smallest absolute Gasteiger partial charge is 0.323 e. The maximum Gasteiger partial charge on any atom is 0.323 e. The Hall–Kier alpha value is -1.64. The van der Waals surface area contributed by atoms with E-state index in [1.54, 1.807) is 7.05 Å². The fraction of sp³-hybridized carbons (Fsp3) is 0.750. The Morgan fingerprint density at radius 2 is 1.95 bits per heavy atom. The average Bonchev–Trinajstić information content (AvgIpc) is 2.36. The van der Waals surface area contributed by atoms with Crippen LogP contribution in [0.4, 0.5) is 11.9 Å². The molecular weight excluding hydrogens is 294 g/mol. The van der Waals surface area contributed by atoms with E-state index in [0.717, 1.165) is 6.42 Å². The molecule has 1 unspecified atom stereocenters. The molecule has 1 aliphatic rings. The van der Waals surface area contributed by atoms with E-state index >= 15 is 0 Å². The number of anilines is 2. The molecule has 0 aromatic carbocycles. The van der Waals surface area contributed by atoms with Gasteiger partial charge in [0.15, 0.2) is 9.84 Å². The topological polar surface area (TPSA) is 106 Å². The summed E-state index contributed by atoms with van der Waals surface area (Å²) in [4.78, 5) is 12.5. The number of ether oxygens (including phenoxy) is 1. The standard InChI is InChI=1S/C12H21N5O3S/c1-8(2)20-12-16-10(13-3)15-11(17-12)14-9-5-4-6-21(18,19)7-9/h8-9H,4-7H2,1-3H3,(H2,13,14,15,16,17). The highest BCUT2D eigenvalue weighted by Crippen LogP contribution is 2.18. The molecule has 1 atom stereocenters. The number of sulfone groups is 1. The summed E-state index contributed by atoms with van der Waals surface area (Å²) in [5.41, 5.74) is 0. The number of hydrogen-bond donors (Lipinski definition) is 2. The molecule has 8 nitrogen and oxygen atoms in total. The van der Waals surface area contributed by atoms with Gasteiger partial charge in [-0.05, 0) is 26.7 Å². The van der Waals surface area contributed by atoms with Gasteiger partial charge in [-0.2, -0.15) is 15.0 Å². The molecule has 1 aromatic heterocycles. The van der Waals surface area contributed by atoms with Gasteiger partial charge in [-0.25, -0.2) is 8.42 Å². The summed E-state index contributed by atoms with van der Waals surface area (Å²) in [6.07, 6.45) is 1.37. The highest BCUT2D eigenvalue weighted by atomic mass is 32.2. The predicted octanol–water partition coefficient (Wildman–Crippen LogP) is 0.690. The number of hydrogen-bond acceptors (Lipinski definition) is 8. The van der Waals surface area contributed by atoms with E-state index < -0.39 is 9.84 Å². The van der Waals surface area contributed by atoms with E-state index in [0.29, 0.717) is 18.3 Å². The Labute approximate surface area is 124 Å². The van der Waals surface area contributed by atoms with Crippen LogP contribution in [0.5, 0.6) is 6.01 Å². The van der Waals surface area contributed by atoms with Gasteiger partial charge in [0.1, 0.15) is 0 Å². The first-order valence-corrected chi connectivity index (χ1v) is 8.77. The van der Waals surface area contributed by atoms with Crippen LogP contribution in [0.3, 0.4) is 0 Å². The summed E-state index contributed by atoms with van der Waals surface area (Å²) in [6.45, 7) is 3.76. The van der Waals surface area contributed by atoms with Crippen molar-refractivity contribution in [1.29, 1.82) is 0 Å². The number of rotatable bonds is 5. The Balaban J connectivity index is 2.15. The largest absolute Gasteiger partial charge is 0.461 e. The van der Waals surface area contributed by atoms with Crippen molar-refractivity contribution < 1.29 is 13.2 Å². The van der Waals surface area contributed by atoms with Gasteiger partial charge in [-0.1, -0.05) is 0 Å². The Morgan fingerprint density at radius 3 is 2.57 bits per heavy atom. The van der Waals surface area contributed by atoms with Crippen LogP contribution in [-0.2, 0) is 9.84 Å². The van der Waals surface area contributed by atoms with Crippen LogP contribution in [0.1, 0.15) is 26.7 Å². The maximum atomic E-state index is 11.7. The molecule has 2 N–H and O–H groups in total. The van der Waals surface area contributed by atoms with E-state index in [4.69, 9.17) is 4.74 Å². The van der Waals surface area contributed by atoms with Crippen molar-refractivity contribution in [3.63, 3.8) is 0 Å². The number of aromatic nitrogens is 3. The maximum absolute atomic E-state index is 11.7. The van der Waals surface area contributed by atoms with Gasteiger partial charge >= 0.3 is 6.01 Å². The lowest BCUT2D eigenvalue weighted by molar-refractivity contribution is 0.222. The monoisotopic (exact) mass is 315 g/mol. The number of nitrogens with one attached hydrogen (secondary N) is 2. The van der Waals surface area contributed by atoms with Crippen LogP contribution in [0.15, 0.2) is 0 Å². The quantitative estimate of drug-likeness (QED) is 0.817. The van der Waals surface area contributed by atoms with Gasteiger partial charge in [-0.15, -0.1) is 0 Å². The Kier molecular flexibility index (Phi) is 4.81. The average molecular weight is 315 g/mol. The first kappa shape index (κ1) is 15.7. The minimum absolute atomic E-state index is 0.0555. The van der Waals surface area contributed by atoms with E-state index in [1.807, 2.05) is 13.8 Å². The van der Waals surface area contributed by atoms with Crippen LogP contribution in [0, 0.1) is 0 Å². The predicted molar refractivity (Wildman–Crippen MR) is 80.4 cm³/mol. The molecule has 2 heterocycles. The van der Waals surface area contributed by atoms with Crippen LogP contribution < -0.4 is 15.4 Å². The molecule has 118 valence electrons. The summed E-state index contributed by atoms with van der Waals surface area (Å²) < 4.78 is 28.8. The molecule has 2 rings (SSSR count). The summed E-state index contributed by atoms with van der Waals surface area (Å²) in [5.74, 6) is 1.06. The van der Waals surface area contributed by atoms with Gasteiger partial charge in [-0.3, -0.25) is 0 Å². The normalized spacial score (nSPS) is 21.0. The van der Waals surface area contributed by atoms with Crippen LogP contribution in [0.2, 0.25) is 0 Å². The Morgan fingerprint density at radius 1 is 1.24 bits per heavy atom. The second-order valence-electron chi connectivity index (χ2n) is 5.28. The summed E-state index contributed by atoms with van der Waals surface area (Å²) in [7, 11) is -1.28. The first-order valence-electron chi connectivity index (χ1n) is 6.95. The second-order valence-corrected chi connectivity index (χ2v) is 7.51. The van der Waals surface area contributed by atoms with Crippen molar-refractivity contribution in [2.75, 3.05) is 29.2 Å². The molecule has 1 saturated heterocycles. The van der Waals surface area contributed by atoms with Crippen molar-refractivity contribution in [1.82, 2.24) is 15.0 Å². The summed E-state index contributed by atoms with van der Waals surface area (Å²) in [5, 5.41) is 5.90. The SMILES string of the molecule is CNc1nc(NC2CCCS(=O)(=O)C2)nc(OC(C)C)n1. The van der Waals surface area contributed by atoms with E-state index in [-0.39, 0.29) is 29.7 Å². The third kappa shape index (κ3) is 4.69. The lowest BCUT2D eigenvalue weighted by atomic mass is 10.2. The molecule has 0 radical (unpaired) electrons. The highest BCUT2D eigenvalue weighted by Gasteiger charge is 2.25. The second kappa shape index (κ2) is 6.42. The summed E-state index contributed by atoms with van der Waals surface area (Å²) >= 11 is 0. The zero-order valence-corrected chi connectivity index (χ0v) is 13.3. The molecule has 21 heavy (non-hydrogen) atoms. The molecule has 1 fully saturated rings.